The standard InChI is InChI=1S/C20H30N4O2.2ClH/c1-15-4-2-6-18(22-15)23-20(26)17-5-3-13-24(14-17)19(25)8-7-16-9-11-21-12-10-16;;/h2,4,6,16-17,21H,3,5,7-14H2,1H3,(H,22,23,26);2*1H. The van der Waals surface area contributed by atoms with Crippen LogP contribution in [0, 0.1) is 18.8 Å². The molecule has 2 amide bonds. The molecule has 6 nitrogen and oxygen atoms in total. The van der Waals surface area contributed by atoms with Crippen LogP contribution >= 0.6 is 24.8 Å². The summed E-state index contributed by atoms with van der Waals surface area (Å²) in [6.45, 7) is 5.34. The minimum Gasteiger partial charge on any atom is -0.342 e. The van der Waals surface area contributed by atoms with Gasteiger partial charge in [-0.3, -0.25) is 9.59 Å². The number of amides is 2. The number of carbonyl (C=O) groups excluding carboxylic acids is 2. The van der Waals surface area contributed by atoms with E-state index in [4.69, 9.17) is 0 Å². The Morgan fingerprint density at radius 3 is 2.68 bits per heavy atom. The number of nitrogens with one attached hydrogen (secondary N) is 2. The van der Waals surface area contributed by atoms with Crippen LogP contribution in [0.15, 0.2) is 18.2 Å². The number of aromatic nitrogens is 1. The van der Waals surface area contributed by atoms with Crippen molar-refractivity contribution in [3.8, 4) is 0 Å². The number of likely N-dealkylation sites (tertiary alicyclic amines) is 1. The first-order valence-corrected chi connectivity index (χ1v) is 9.85. The Kier molecular flexibility index (Phi) is 10.8. The van der Waals surface area contributed by atoms with Crippen molar-refractivity contribution >= 4 is 42.4 Å². The summed E-state index contributed by atoms with van der Waals surface area (Å²) in [4.78, 5) is 31.3. The summed E-state index contributed by atoms with van der Waals surface area (Å²) in [7, 11) is 0. The maximum Gasteiger partial charge on any atom is 0.230 e. The molecule has 1 aromatic heterocycles. The molecule has 0 bridgehead atoms. The minimum atomic E-state index is -0.145. The van der Waals surface area contributed by atoms with Gasteiger partial charge in [0.15, 0.2) is 0 Å². The third kappa shape index (κ3) is 7.22. The first-order chi connectivity index (χ1) is 12.6. The molecule has 1 atom stereocenters. The highest BCUT2D eigenvalue weighted by atomic mass is 35.5. The fraction of sp³-hybridized carbons (Fsp3) is 0.650. The van der Waals surface area contributed by atoms with E-state index in [1.165, 1.54) is 12.8 Å². The van der Waals surface area contributed by atoms with Crippen molar-refractivity contribution in [3.05, 3.63) is 23.9 Å². The first-order valence-electron chi connectivity index (χ1n) is 9.85. The second kappa shape index (κ2) is 12.2. The van der Waals surface area contributed by atoms with E-state index in [1.807, 2.05) is 24.0 Å². The Bertz CT molecular complexity index is 638. The highest BCUT2D eigenvalue weighted by Crippen LogP contribution is 2.22. The van der Waals surface area contributed by atoms with Gasteiger partial charge in [0, 0.05) is 25.2 Å². The number of nitrogens with zero attached hydrogens (tertiary/aromatic N) is 2. The molecule has 0 aliphatic carbocycles. The molecule has 0 aromatic carbocycles. The fourth-order valence-corrected chi connectivity index (χ4v) is 3.91. The van der Waals surface area contributed by atoms with Crippen LogP contribution < -0.4 is 10.6 Å². The maximum atomic E-state index is 12.6. The zero-order valence-electron chi connectivity index (χ0n) is 16.5. The summed E-state index contributed by atoms with van der Waals surface area (Å²) >= 11 is 0. The molecule has 2 aliphatic heterocycles. The van der Waals surface area contributed by atoms with Gasteiger partial charge in [-0.15, -0.1) is 24.8 Å². The molecule has 3 heterocycles. The van der Waals surface area contributed by atoms with Crippen LogP contribution in [0.2, 0.25) is 0 Å². The van der Waals surface area contributed by atoms with Crippen molar-refractivity contribution < 1.29 is 9.59 Å². The predicted octanol–water partition coefficient (Wildman–Crippen LogP) is 3.19. The second-order valence-electron chi connectivity index (χ2n) is 7.56. The highest BCUT2D eigenvalue weighted by molar-refractivity contribution is 5.92. The number of anilines is 1. The van der Waals surface area contributed by atoms with Gasteiger partial charge in [-0.25, -0.2) is 4.98 Å². The number of pyridine rings is 1. The number of halogens is 2. The Balaban J connectivity index is 0.00000196. The summed E-state index contributed by atoms with van der Waals surface area (Å²) in [6, 6.07) is 5.59. The van der Waals surface area contributed by atoms with E-state index in [0.717, 1.165) is 44.6 Å². The van der Waals surface area contributed by atoms with Gasteiger partial charge in [-0.2, -0.15) is 0 Å². The summed E-state index contributed by atoms with van der Waals surface area (Å²) in [6.07, 6.45) is 5.64. The van der Waals surface area contributed by atoms with Crippen LogP contribution in [0.5, 0.6) is 0 Å². The molecular weight excluding hydrogens is 399 g/mol. The number of carbonyl (C=O) groups is 2. The molecule has 0 spiro atoms. The number of rotatable bonds is 5. The normalized spacial score (nSPS) is 19.9. The van der Waals surface area contributed by atoms with Gasteiger partial charge >= 0.3 is 0 Å². The van der Waals surface area contributed by atoms with E-state index in [0.29, 0.717) is 24.7 Å². The summed E-state index contributed by atoms with van der Waals surface area (Å²) in [5, 5.41) is 6.26. The molecule has 2 saturated heterocycles. The van der Waals surface area contributed by atoms with Crippen LogP contribution in [-0.4, -0.2) is 47.9 Å². The van der Waals surface area contributed by atoms with Gasteiger partial charge in [-0.1, -0.05) is 6.07 Å². The molecule has 2 N–H and O–H groups in total. The predicted molar refractivity (Wildman–Crippen MR) is 116 cm³/mol. The van der Waals surface area contributed by atoms with Gasteiger partial charge in [0.1, 0.15) is 5.82 Å². The van der Waals surface area contributed by atoms with Crippen molar-refractivity contribution in [3.63, 3.8) is 0 Å². The Morgan fingerprint density at radius 1 is 1.21 bits per heavy atom. The lowest BCUT2D eigenvalue weighted by molar-refractivity contribution is -0.134. The van der Waals surface area contributed by atoms with Gasteiger partial charge in [-0.05, 0) is 70.2 Å². The maximum absolute atomic E-state index is 12.6. The molecule has 1 unspecified atom stereocenters. The van der Waals surface area contributed by atoms with Crippen LogP contribution in [0.4, 0.5) is 5.82 Å². The molecule has 3 rings (SSSR count). The van der Waals surface area contributed by atoms with Crippen molar-refractivity contribution in [2.24, 2.45) is 11.8 Å². The molecule has 28 heavy (non-hydrogen) atoms. The molecule has 2 aliphatic rings. The van der Waals surface area contributed by atoms with Crippen LogP contribution in [0.25, 0.3) is 0 Å². The second-order valence-corrected chi connectivity index (χ2v) is 7.56. The van der Waals surface area contributed by atoms with E-state index in [2.05, 4.69) is 15.6 Å². The Hall–Kier alpha value is -1.37. The van der Waals surface area contributed by atoms with Crippen molar-refractivity contribution in [2.45, 2.75) is 45.4 Å². The topological polar surface area (TPSA) is 74.3 Å². The molecule has 1 aromatic rings. The third-order valence-electron chi connectivity index (χ3n) is 5.51. The van der Waals surface area contributed by atoms with E-state index in [1.54, 1.807) is 6.07 Å². The minimum absolute atomic E-state index is 0. The van der Waals surface area contributed by atoms with E-state index in [9.17, 15) is 9.59 Å². The smallest absolute Gasteiger partial charge is 0.230 e. The lowest BCUT2D eigenvalue weighted by atomic mass is 9.92. The van der Waals surface area contributed by atoms with E-state index in [-0.39, 0.29) is 42.5 Å². The van der Waals surface area contributed by atoms with Gasteiger partial charge in [0.25, 0.3) is 0 Å². The summed E-state index contributed by atoms with van der Waals surface area (Å²) in [5.74, 6) is 1.28. The number of hydrogen-bond donors (Lipinski definition) is 2. The molecule has 8 heteroatoms. The number of hydrogen-bond acceptors (Lipinski definition) is 4. The monoisotopic (exact) mass is 430 g/mol. The highest BCUT2D eigenvalue weighted by Gasteiger charge is 2.29. The molecule has 158 valence electrons. The fourth-order valence-electron chi connectivity index (χ4n) is 3.91. The van der Waals surface area contributed by atoms with Gasteiger partial charge in [0.05, 0.1) is 5.92 Å². The zero-order valence-corrected chi connectivity index (χ0v) is 18.1. The quantitative estimate of drug-likeness (QED) is 0.751. The van der Waals surface area contributed by atoms with Gasteiger partial charge < -0.3 is 15.5 Å². The lowest BCUT2D eigenvalue weighted by Gasteiger charge is -2.32. The van der Waals surface area contributed by atoms with Crippen LogP contribution in [0.3, 0.4) is 0 Å². The largest absolute Gasteiger partial charge is 0.342 e. The molecule has 0 radical (unpaired) electrons. The van der Waals surface area contributed by atoms with Crippen molar-refractivity contribution in [1.29, 1.82) is 0 Å². The van der Waals surface area contributed by atoms with Gasteiger partial charge in [0.2, 0.25) is 11.8 Å². The van der Waals surface area contributed by atoms with E-state index >= 15 is 0 Å². The summed E-state index contributed by atoms with van der Waals surface area (Å²) < 4.78 is 0. The summed E-state index contributed by atoms with van der Waals surface area (Å²) in [5.41, 5.74) is 0.876. The average molecular weight is 431 g/mol. The van der Waals surface area contributed by atoms with Crippen LogP contribution in [-0.2, 0) is 9.59 Å². The molecule has 2 fully saturated rings. The number of piperidine rings is 2. The van der Waals surface area contributed by atoms with E-state index < -0.39 is 0 Å². The number of aryl methyl sites for hydroxylation is 1. The first kappa shape index (κ1) is 24.7. The van der Waals surface area contributed by atoms with Crippen LogP contribution in [0.1, 0.15) is 44.2 Å². The third-order valence-corrected chi connectivity index (χ3v) is 5.51. The molecule has 0 saturated carbocycles. The average Bonchev–Trinajstić information content (AvgIpc) is 2.67. The Labute approximate surface area is 180 Å². The molecular formula is C20H32Cl2N4O2. The Morgan fingerprint density at radius 2 is 1.96 bits per heavy atom. The zero-order chi connectivity index (χ0) is 18.4. The van der Waals surface area contributed by atoms with Crippen molar-refractivity contribution in [1.82, 2.24) is 15.2 Å². The van der Waals surface area contributed by atoms with Crippen molar-refractivity contribution in [2.75, 3.05) is 31.5 Å². The lowest BCUT2D eigenvalue weighted by Crippen LogP contribution is -2.44. The SMILES string of the molecule is Cc1cccc(NC(=O)C2CCCN(C(=O)CCC3CCNCC3)C2)n1.Cl.Cl.